The summed E-state index contributed by atoms with van der Waals surface area (Å²) in [7, 11) is 0. The molecule has 1 amide bonds. The maximum absolute atomic E-state index is 13.6. The highest BCUT2D eigenvalue weighted by Crippen LogP contribution is 2.29. The fraction of sp³-hybridized carbons (Fsp3) is 0.105. The van der Waals surface area contributed by atoms with E-state index < -0.39 is 17.6 Å². The van der Waals surface area contributed by atoms with Gasteiger partial charge in [-0.25, -0.2) is 14.4 Å². The van der Waals surface area contributed by atoms with Crippen LogP contribution in [0.15, 0.2) is 60.9 Å². The van der Waals surface area contributed by atoms with E-state index in [-0.39, 0.29) is 29.6 Å². The third-order valence-corrected chi connectivity index (χ3v) is 3.78. The molecule has 0 aliphatic heterocycles. The normalized spacial score (nSPS) is 11.1. The number of halogens is 4. The Labute approximate surface area is 157 Å². The zero-order chi connectivity index (χ0) is 20.1. The summed E-state index contributed by atoms with van der Waals surface area (Å²) in [5, 5.41) is 5.30. The second-order valence-electron chi connectivity index (χ2n) is 5.77. The molecule has 0 aliphatic carbocycles. The Morgan fingerprint density at radius 1 is 0.964 bits per heavy atom. The summed E-state index contributed by atoms with van der Waals surface area (Å²) in [6, 6.07) is 10.3. The van der Waals surface area contributed by atoms with Crippen LogP contribution in [-0.4, -0.2) is 15.9 Å². The summed E-state index contributed by atoms with van der Waals surface area (Å²) in [4.78, 5) is 20.1. The van der Waals surface area contributed by atoms with E-state index in [9.17, 15) is 22.4 Å². The number of carbonyl (C=O) groups is 1. The standard InChI is InChI=1S/C19H14F4N4O/c20-16-4-2-1-3-12(16)9-24-18-25-10-13(11-26-18)17(28)27-15-7-5-14(6-8-15)19(21,22)23/h1-8,10-11H,9H2,(H,27,28)(H,24,25,26). The molecule has 5 nitrogen and oxygen atoms in total. The van der Waals surface area contributed by atoms with E-state index in [1.165, 1.54) is 18.5 Å². The van der Waals surface area contributed by atoms with Gasteiger partial charge in [0, 0.05) is 30.2 Å². The van der Waals surface area contributed by atoms with Crippen LogP contribution in [0.5, 0.6) is 0 Å². The van der Waals surface area contributed by atoms with Gasteiger partial charge in [-0.1, -0.05) is 18.2 Å². The topological polar surface area (TPSA) is 66.9 Å². The molecule has 144 valence electrons. The molecule has 0 aliphatic rings. The van der Waals surface area contributed by atoms with Crippen LogP contribution in [0.3, 0.4) is 0 Å². The molecule has 0 saturated carbocycles. The molecular formula is C19H14F4N4O. The van der Waals surface area contributed by atoms with Crippen LogP contribution in [0, 0.1) is 5.82 Å². The molecule has 2 aromatic carbocycles. The van der Waals surface area contributed by atoms with Gasteiger partial charge in [0.25, 0.3) is 5.91 Å². The predicted octanol–water partition coefficient (Wildman–Crippen LogP) is 4.50. The predicted molar refractivity (Wildman–Crippen MR) is 95.2 cm³/mol. The first kappa shape index (κ1) is 19.3. The largest absolute Gasteiger partial charge is 0.416 e. The molecule has 0 spiro atoms. The Morgan fingerprint density at radius 2 is 1.61 bits per heavy atom. The van der Waals surface area contributed by atoms with Gasteiger partial charge in [-0.2, -0.15) is 13.2 Å². The molecule has 3 rings (SSSR count). The number of benzene rings is 2. The maximum atomic E-state index is 13.6. The highest BCUT2D eigenvalue weighted by Gasteiger charge is 2.30. The number of nitrogens with zero attached hydrogens (tertiary/aromatic N) is 2. The first-order valence-electron chi connectivity index (χ1n) is 8.11. The average Bonchev–Trinajstić information content (AvgIpc) is 2.67. The number of amides is 1. The van der Waals surface area contributed by atoms with Crippen molar-refractivity contribution >= 4 is 17.5 Å². The van der Waals surface area contributed by atoms with Gasteiger partial charge in [0.1, 0.15) is 5.82 Å². The van der Waals surface area contributed by atoms with Crippen molar-refractivity contribution in [3.63, 3.8) is 0 Å². The second kappa shape index (κ2) is 8.03. The van der Waals surface area contributed by atoms with E-state index in [2.05, 4.69) is 20.6 Å². The fourth-order valence-corrected chi connectivity index (χ4v) is 2.30. The van der Waals surface area contributed by atoms with Crippen molar-refractivity contribution in [3.8, 4) is 0 Å². The third kappa shape index (κ3) is 4.81. The van der Waals surface area contributed by atoms with Crippen molar-refractivity contribution in [2.24, 2.45) is 0 Å². The van der Waals surface area contributed by atoms with Gasteiger partial charge in [-0.15, -0.1) is 0 Å². The van der Waals surface area contributed by atoms with Crippen LogP contribution in [0.25, 0.3) is 0 Å². The molecule has 0 bridgehead atoms. The van der Waals surface area contributed by atoms with Crippen molar-refractivity contribution in [2.75, 3.05) is 10.6 Å². The van der Waals surface area contributed by atoms with Gasteiger partial charge < -0.3 is 10.6 Å². The van der Waals surface area contributed by atoms with Gasteiger partial charge in [-0.3, -0.25) is 4.79 Å². The maximum Gasteiger partial charge on any atom is 0.416 e. The lowest BCUT2D eigenvalue weighted by Gasteiger charge is -2.09. The summed E-state index contributed by atoms with van der Waals surface area (Å²) in [5.41, 5.74) is -0.0366. The Bertz CT molecular complexity index is 957. The molecule has 9 heteroatoms. The number of rotatable bonds is 5. The Kier molecular flexibility index (Phi) is 5.53. The summed E-state index contributed by atoms with van der Waals surface area (Å²) in [6.07, 6.45) is -1.92. The SMILES string of the molecule is O=C(Nc1ccc(C(F)(F)F)cc1)c1cnc(NCc2ccccc2F)nc1. The molecule has 1 heterocycles. The summed E-state index contributed by atoms with van der Waals surface area (Å²) in [6.45, 7) is 0.170. The van der Waals surface area contributed by atoms with E-state index in [0.717, 1.165) is 24.3 Å². The Hall–Kier alpha value is -3.49. The van der Waals surface area contributed by atoms with Gasteiger partial charge in [0.2, 0.25) is 5.95 Å². The number of nitrogens with one attached hydrogen (secondary N) is 2. The van der Waals surface area contributed by atoms with E-state index in [1.54, 1.807) is 18.2 Å². The van der Waals surface area contributed by atoms with Crippen LogP contribution >= 0.6 is 0 Å². The highest BCUT2D eigenvalue weighted by molar-refractivity contribution is 6.03. The molecular weight excluding hydrogens is 376 g/mol. The van der Waals surface area contributed by atoms with Crippen molar-refractivity contribution in [2.45, 2.75) is 12.7 Å². The quantitative estimate of drug-likeness (QED) is 0.630. The number of anilines is 2. The lowest BCUT2D eigenvalue weighted by molar-refractivity contribution is -0.137. The first-order valence-corrected chi connectivity index (χ1v) is 8.11. The smallest absolute Gasteiger partial charge is 0.350 e. The Balaban J connectivity index is 1.60. The van der Waals surface area contributed by atoms with Crippen molar-refractivity contribution in [3.05, 3.63) is 83.4 Å². The van der Waals surface area contributed by atoms with Crippen molar-refractivity contribution < 1.29 is 22.4 Å². The lowest BCUT2D eigenvalue weighted by Crippen LogP contribution is -2.14. The van der Waals surface area contributed by atoms with Crippen LogP contribution in [0.1, 0.15) is 21.5 Å². The minimum Gasteiger partial charge on any atom is -0.350 e. The van der Waals surface area contributed by atoms with Gasteiger partial charge in [0.15, 0.2) is 0 Å². The van der Waals surface area contributed by atoms with Gasteiger partial charge in [0.05, 0.1) is 11.1 Å². The number of aromatic nitrogens is 2. The van der Waals surface area contributed by atoms with Crippen LogP contribution in [0.4, 0.5) is 29.2 Å². The fourth-order valence-electron chi connectivity index (χ4n) is 2.30. The molecule has 2 N–H and O–H groups in total. The van der Waals surface area contributed by atoms with Gasteiger partial charge in [-0.05, 0) is 30.3 Å². The molecule has 0 fully saturated rings. The number of alkyl halides is 3. The minimum atomic E-state index is -4.44. The van der Waals surface area contributed by atoms with E-state index in [4.69, 9.17) is 0 Å². The highest BCUT2D eigenvalue weighted by atomic mass is 19.4. The number of hydrogen-bond donors (Lipinski definition) is 2. The minimum absolute atomic E-state index is 0.122. The van der Waals surface area contributed by atoms with Crippen LogP contribution in [0.2, 0.25) is 0 Å². The van der Waals surface area contributed by atoms with E-state index in [0.29, 0.717) is 5.56 Å². The molecule has 28 heavy (non-hydrogen) atoms. The third-order valence-electron chi connectivity index (χ3n) is 3.78. The zero-order valence-corrected chi connectivity index (χ0v) is 14.3. The van der Waals surface area contributed by atoms with Crippen LogP contribution in [-0.2, 0) is 12.7 Å². The number of carbonyl (C=O) groups excluding carboxylic acids is 1. The van der Waals surface area contributed by atoms with Crippen LogP contribution < -0.4 is 10.6 Å². The molecule has 1 aromatic heterocycles. The zero-order valence-electron chi connectivity index (χ0n) is 14.3. The second-order valence-corrected chi connectivity index (χ2v) is 5.77. The van der Waals surface area contributed by atoms with E-state index >= 15 is 0 Å². The average molecular weight is 390 g/mol. The molecule has 0 radical (unpaired) electrons. The summed E-state index contributed by atoms with van der Waals surface area (Å²) >= 11 is 0. The molecule has 0 atom stereocenters. The molecule has 0 unspecified atom stereocenters. The van der Waals surface area contributed by atoms with E-state index in [1.807, 2.05) is 0 Å². The number of hydrogen-bond acceptors (Lipinski definition) is 4. The lowest BCUT2D eigenvalue weighted by atomic mass is 10.2. The summed E-state index contributed by atoms with van der Waals surface area (Å²) in [5.74, 6) is -0.725. The first-order chi connectivity index (χ1) is 13.3. The molecule has 3 aromatic rings. The summed E-state index contributed by atoms with van der Waals surface area (Å²) < 4.78 is 51.2. The molecule has 0 saturated heterocycles. The Morgan fingerprint density at radius 3 is 2.21 bits per heavy atom. The monoisotopic (exact) mass is 390 g/mol. The van der Waals surface area contributed by atoms with Crippen molar-refractivity contribution in [1.29, 1.82) is 0 Å². The van der Waals surface area contributed by atoms with Crippen molar-refractivity contribution in [1.82, 2.24) is 9.97 Å². The van der Waals surface area contributed by atoms with Gasteiger partial charge >= 0.3 is 6.18 Å².